The van der Waals surface area contributed by atoms with Gasteiger partial charge in [-0.05, 0) is 50.2 Å². The van der Waals surface area contributed by atoms with Crippen LogP contribution in [-0.2, 0) is 4.79 Å². The van der Waals surface area contributed by atoms with E-state index in [-0.39, 0.29) is 18.3 Å². The minimum atomic E-state index is -0.110. The minimum Gasteiger partial charge on any atom is -0.484 e. The Labute approximate surface area is 138 Å². The molecule has 2 rings (SSSR count). The van der Waals surface area contributed by atoms with Gasteiger partial charge in [0, 0.05) is 24.6 Å². The Morgan fingerprint density at radius 3 is 2.65 bits per heavy atom. The molecule has 0 saturated carbocycles. The molecule has 1 aromatic rings. The Morgan fingerprint density at radius 2 is 2.00 bits per heavy atom. The highest BCUT2D eigenvalue weighted by molar-refractivity contribution is 5.95. The molecular weight excluding hydrogens is 292 g/mol. The molecule has 5 heteroatoms. The third-order valence-electron chi connectivity index (χ3n) is 4.31. The highest BCUT2D eigenvalue weighted by Crippen LogP contribution is 2.16. The number of nitrogens with one attached hydrogen (secondary N) is 1. The second-order valence-electron chi connectivity index (χ2n) is 5.82. The molecule has 1 aliphatic rings. The van der Waals surface area contributed by atoms with Crippen molar-refractivity contribution in [1.82, 2.24) is 10.2 Å². The molecule has 1 saturated heterocycles. The zero-order chi connectivity index (χ0) is 16.7. The van der Waals surface area contributed by atoms with E-state index in [2.05, 4.69) is 17.1 Å². The largest absolute Gasteiger partial charge is 0.484 e. The number of ether oxygens (including phenoxy) is 1. The van der Waals surface area contributed by atoms with E-state index in [1.807, 2.05) is 6.92 Å². The number of hydrogen-bond donors (Lipinski definition) is 1. The first kappa shape index (κ1) is 17.5. The Hall–Kier alpha value is -1.88. The van der Waals surface area contributed by atoms with Gasteiger partial charge in [-0.1, -0.05) is 13.8 Å². The number of likely N-dealkylation sites (N-methyl/N-ethyl adjacent to an activating group) is 1. The fourth-order valence-electron chi connectivity index (χ4n) is 2.92. The lowest BCUT2D eigenvalue weighted by atomic mass is 10.1. The Bertz CT molecular complexity index is 528. The van der Waals surface area contributed by atoms with Crippen molar-refractivity contribution in [2.24, 2.45) is 0 Å². The van der Waals surface area contributed by atoms with Gasteiger partial charge < -0.3 is 10.1 Å². The van der Waals surface area contributed by atoms with Gasteiger partial charge in [-0.15, -0.1) is 0 Å². The zero-order valence-electron chi connectivity index (χ0n) is 14.0. The van der Waals surface area contributed by atoms with Gasteiger partial charge in [-0.2, -0.15) is 0 Å². The molecule has 1 N–H and O–H groups in total. The zero-order valence-corrected chi connectivity index (χ0v) is 14.0. The molecule has 126 valence electrons. The highest BCUT2D eigenvalue weighted by Gasteiger charge is 2.23. The number of rotatable bonds is 8. The standard InChI is InChI=1S/C18H26N2O3/c1-3-17(21)14-7-9-16(10-8-14)23-13-18(22)19-12-15-6-5-11-20(15)4-2/h7-10,15H,3-6,11-13H2,1-2H3,(H,19,22). The fraction of sp³-hybridized carbons (Fsp3) is 0.556. The van der Waals surface area contributed by atoms with Crippen LogP contribution in [-0.4, -0.2) is 48.9 Å². The van der Waals surface area contributed by atoms with Crippen LogP contribution in [0.5, 0.6) is 5.75 Å². The van der Waals surface area contributed by atoms with Crippen molar-refractivity contribution >= 4 is 11.7 Å². The summed E-state index contributed by atoms with van der Waals surface area (Å²) >= 11 is 0. The van der Waals surface area contributed by atoms with Crippen molar-refractivity contribution in [3.05, 3.63) is 29.8 Å². The smallest absolute Gasteiger partial charge is 0.257 e. The Morgan fingerprint density at radius 1 is 1.26 bits per heavy atom. The molecular formula is C18H26N2O3. The molecule has 1 amide bonds. The van der Waals surface area contributed by atoms with Gasteiger partial charge in [0.15, 0.2) is 12.4 Å². The van der Waals surface area contributed by atoms with E-state index >= 15 is 0 Å². The van der Waals surface area contributed by atoms with Gasteiger partial charge in [-0.3, -0.25) is 14.5 Å². The van der Waals surface area contributed by atoms with Crippen molar-refractivity contribution < 1.29 is 14.3 Å². The van der Waals surface area contributed by atoms with Gasteiger partial charge in [0.05, 0.1) is 0 Å². The van der Waals surface area contributed by atoms with Crippen molar-refractivity contribution in [2.45, 2.75) is 39.2 Å². The summed E-state index contributed by atoms with van der Waals surface area (Å²) in [6.07, 6.45) is 2.83. The van der Waals surface area contributed by atoms with Crippen LogP contribution in [0.25, 0.3) is 0 Å². The predicted octanol–water partition coefficient (Wildman–Crippen LogP) is 2.26. The molecule has 0 bridgehead atoms. The number of amides is 1. The fourth-order valence-corrected chi connectivity index (χ4v) is 2.92. The van der Waals surface area contributed by atoms with Crippen molar-refractivity contribution in [2.75, 3.05) is 26.2 Å². The molecule has 0 aromatic heterocycles. The topological polar surface area (TPSA) is 58.6 Å². The van der Waals surface area contributed by atoms with Crippen LogP contribution >= 0.6 is 0 Å². The number of ketones is 1. The number of likely N-dealkylation sites (tertiary alicyclic amines) is 1. The van der Waals surface area contributed by atoms with Gasteiger partial charge in [-0.25, -0.2) is 0 Å². The van der Waals surface area contributed by atoms with Crippen LogP contribution in [0.15, 0.2) is 24.3 Å². The average Bonchev–Trinajstić information content (AvgIpc) is 3.05. The molecule has 0 aliphatic carbocycles. The van der Waals surface area contributed by atoms with E-state index in [4.69, 9.17) is 4.74 Å². The third-order valence-corrected chi connectivity index (χ3v) is 4.31. The molecule has 1 aliphatic heterocycles. The number of carbonyl (C=O) groups excluding carboxylic acids is 2. The average molecular weight is 318 g/mol. The summed E-state index contributed by atoms with van der Waals surface area (Å²) in [6, 6.07) is 7.37. The molecule has 23 heavy (non-hydrogen) atoms. The monoisotopic (exact) mass is 318 g/mol. The first-order valence-corrected chi connectivity index (χ1v) is 8.40. The summed E-state index contributed by atoms with van der Waals surface area (Å²) in [5.74, 6) is 0.594. The summed E-state index contributed by atoms with van der Waals surface area (Å²) in [5, 5.41) is 2.94. The molecule has 1 unspecified atom stereocenters. The van der Waals surface area contributed by atoms with Gasteiger partial charge in [0.2, 0.25) is 0 Å². The molecule has 1 aromatic carbocycles. The molecule has 1 atom stereocenters. The van der Waals surface area contributed by atoms with Gasteiger partial charge in [0.25, 0.3) is 5.91 Å². The number of carbonyl (C=O) groups is 2. The van der Waals surface area contributed by atoms with E-state index in [0.717, 1.165) is 19.5 Å². The van der Waals surface area contributed by atoms with Crippen LogP contribution in [0, 0.1) is 0 Å². The predicted molar refractivity (Wildman–Crippen MR) is 89.8 cm³/mol. The Kier molecular flexibility index (Phi) is 6.59. The van der Waals surface area contributed by atoms with Crippen molar-refractivity contribution in [1.29, 1.82) is 0 Å². The number of hydrogen-bond acceptors (Lipinski definition) is 4. The summed E-state index contributed by atoms with van der Waals surface area (Å²) in [6.45, 7) is 6.81. The summed E-state index contributed by atoms with van der Waals surface area (Å²) < 4.78 is 5.47. The van der Waals surface area contributed by atoms with Gasteiger partial charge in [0.1, 0.15) is 5.75 Å². The maximum atomic E-state index is 11.9. The second kappa shape index (κ2) is 8.67. The van der Waals surface area contributed by atoms with Crippen molar-refractivity contribution in [3.8, 4) is 5.75 Å². The SMILES string of the molecule is CCC(=O)c1ccc(OCC(=O)NCC2CCCN2CC)cc1. The van der Waals surface area contributed by atoms with E-state index in [9.17, 15) is 9.59 Å². The highest BCUT2D eigenvalue weighted by atomic mass is 16.5. The molecule has 5 nitrogen and oxygen atoms in total. The van der Waals surface area contributed by atoms with Crippen LogP contribution in [0.1, 0.15) is 43.5 Å². The number of nitrogens with zero attached hydrogens (tertiary/aromatic N) is 1. The van der Waals surface area contributed by atoms with Crippen LogP contribution in [0.2, 0.25) is 0 Å². The molecule has 0 radical (unpaired) electrons. The van der Waals surface area contributed by atoms with E-state index in [1.165, 1.54) is 6.42 Å². The summed E-state index contributed by atoms with van der Waals surface area (Å²) in [4.78, 5) is 25.8. The minimum absolute atomic E-state index is 0.0000835. The normalized spacial score (nSPS) is 17.9. The lowest BCUT2D eigenvalue weighted by Gasteiger charge is -2.22. The van der Waals surface area contributed by atoms with Crippen molar-refractivity contribution in [3.63, 3.8) is 0 Å². The number of Topliss-reactive ketones (excluding diaryl/α,β-unsaturated/α-hetero) is 1. The van der Waals surface area contributed by atoms with Crippen LogP contribution in [0.3, 0.4) is 0 Å². The molecule has 1 heterocycles. The quantitative estimate of drug-likeness (QED) is 0.747. The van der Waals surface area contributed by atoms with E-state index < -0.39 is 0 Å². The van der Waals surface area contributed by atoms with Crippen LogP contribution in [0.4, 0.5) is 0 Å². The summed E-state index contributed by atoms with van der Waals surface area (Å²) in [5.41, 5.74) is 0.671. The first-order chi connectivity index (χ1) is 11.1. The first-order valence-electron chi connectivity index (χ1n) is 8.40. The third kappa shape index (κ3) is 5.06. The van der Waals surface area contributed by atoms with Crippen LogP contribution < -0.4 is 10.1 Å². The maximum absolute atomic E-state index is 11.9. The second-order valence-corrected chi connectivity index (χ2v) is 5.82. The Balaban J connectivity index is 1.72. The number of benzene rings is 1. The lowest BCUT2D eigenvalue weighted by Crippen LogP contribution is -2.41. The van der Waals surface area contributed by atoms with E-state index in [1.54, 1.807) is 24.3 Å². The summed E-state index contributed by atoms with van der Waals surface area (Å²) in [7, 11) is 0. The van der Waals surface area contributed by atoms with Gasteiger partial charge >= 0.3 is 0 Å². The van der Waals surface area contributed by atoms with E-state index in [0.29, 0.717) is 30.3 Å². The lowest BCUT2D eigenvalue weighted by molar-refractivity contribution is -0.123. The maximum Gasteiger partial charge on any atom is 0.257 e. The molecule has 1 fully saturated rings. The molecule has 0 spiro atoms.